The van der Waals surface area contributed by atoms with Gasteiger partial charge in [-0.2, -0.15) is 0 Å². The van der Waals surface area contributed by atoms with Gasteiger partial charge in [0.25, 0.3) is 0 Å². The van der Waals surface area contributed by atoms with Crippen molar-refractivity contribution in [3.63, 3.8) is 0 Å². The lowest BCUT2D eigenvalue weighted by Gasteiger charge is -2.26. The van der Waals surface area contributed by atoms with Crippen LogP contribution in [-0.4, -0.2) is 59.8 Å². The molecule has 9 heteroatoms. The van der Waals surface area contributed by atoms with Crippen molar-refractivity contribution in [3.05, 3.63) is 0 Å². The van der Waals surface area contributed by atoms with E-state index in [0.717, 1.165) is 6.42 Å². The lowest BCUT2D eigenvalue weighted by molar-refractivity contribution is -0.140. The molecule has 0 aromatic carbocycles. The van der Waals surface area contributed by atoms with Crippen molar-refractivity contribution in [2.45, 2.75) is 64.1 Å². The molecule has 0 bridgehead atoms. The summed E-state index contributed by atoms with van der Waals surface area (Å²) in [5.74, 6) is -0.513. The highest BCUT2D eigenvalue weighted by Crippen LogP contribution is 2.21. The summed E-state index contributed by atoms with van der Waals surface area (Å²) in [6, 6.07) is -1.79. The Morgan fingerprint density at radius 2 is 1.88 bits per heavy atom. The third kappa shape index (κ3) is 5.09. The molecule has 2 fully saturated rings. The molecule has 146 valence electrons. The molecule has 0 aromatic rings. The highest BCUT2D eigenvalue weighted by atomic mass is 16.2. The van der Waals surface area contributed by atoms with Crippen molar-refractivity contribution >= 4 is 23.7 Å². The summed E-state index contributed by atoms with van der Waals surface area (Å²) < 4.78 is 0. The first-order chi connectivity index (χ1) is 12.3. The van der Waals surface area contributed by atoms with Crippen molar-refractivity contribution in [2.75, 3.05) is 13.1 Å². The lowest BCUT2D eigenvalue weighted by Crippen LogP contribution is -2.51. The van der Waals surface area contributed by atoms with Gasteiger partial charge in [-0.05, 0) is 38.0 Å². The molecule has 0 aromatic heterocycles. The van der Waals surface area contributed by atoms with Gasteiger partial charge in [-0.15, -0.1) is 0 Å². The van der Waals surface area contributed by atoms with Crippen LogP contribution < -0.4 is 22.1 Å². The minimum atomic E-state index is -0.667. The van der Waals surface area contributed by atoms with Gasteiger partial charge in [-0.3, -0.25) is 19.4 Å². The van der Waals surface area contributed by atoms with E-state index in [4.69, 9.17) is 11.5 Å². The number of nitrogens with zero attached hydrogens (tertiary/aromatic N) is 2. The Hall–Kier alpha value is -2.32. The zero-order valence-electron chi connectivity index (χ0n) is 15.5. The van der Waals surface area contributed by atoms with Crippen molar-refractivity contribution in [2.24, 2.45) is 22.4 Å². The maximum atomic E-state index is 12.9. The average molecular weight is 366 g/mol. The van der Waals surface area contributed by atoms with E-state index in [1.165, 1.54) is 0 Å². The Bertz CT molecular complexity index is 573. The fourth-order valence-corrected chi connectivity index (χ4v) is 3.51. The average Bonchev–Trinajstić information content (AvgIpc) is 3.05. The molecule has 2 rings (SSSR count). The predicted molar refractivity (Wildman–Crippen MR) is 98.0 cm³/mol. The van der Waals surface area contributed by atoms with E-state index >= 15 is 0 Å². The second-order valence-corrected chi connectivity index (χ2v) is 7.39. The van der Waals surface area contributed by atoms with Gasteiger partial charge >= 0.3 is 0 Å². The third-order valence-electron chi connectivity index (χ3n) is 4.74. The van der Waals surface area contributed by atoms with Gasteiger partial charge in [0, 0.05) is 13.1 Å². The van der Waals surface area contributed by atoms with E-state index in [1.54, 1.807) is 4.90 Å². The molecular formula is C17H30N6O3. The molecule has 0 saturated carbocycles. The number of guanidine groups is 1. The summed E-state index contributed by atoms with van der Waals surface area (Å²) in [5.41, 5.74) is 10.6. The molecular weight excluding hydrogens is 336 g/mol. The standard InChI is InChI=1S/C17H30N6O3/c1-10(2)9-12-14(24)21-11(5-3-7-20-17(18)19)16(26)23-8-4-6-13(23)15(25)22-12/h10-13H,3-9H2,1-2H3,(H,21,24)(H,22,25)(H4,18,19,20)/t11-,12-,13-/m0/s1. The molecule has 0 spiro atoms. The lowest BCUT2D eigenvalue weighted by atomic mass is 10.0. The van der Waals surface area contributed by atoms with Gasteiger partial charge in [0.1, 0.15) is 18.1 Å². The summed E-state index contributed by atoms with van der Waals surface area (Å²) in [6.45, 7) is 4.90. The third-order valence-corrected chi connectivity index (χ3v) is 4.74. The number of carbonyl (C=O) groups excluding carboxylic acids is 3. The Balaban J connectivity index is 2.17. The Morgan fingerprint density at radius 3 is 2.54 bits per heavy atom. The van der Waals surface area contributed by atoms with Crippen molar-refractivity contribution in [3.8, 4) is 0 Å². The fourth-order valence-electron chi connectivity index (χ4n) is 3.51. The monoisotopic (exact) mass is 366 g/mol. The summed E-state index contributed by atoms with van der Waals surface area (Å²) in [7, 11) is 0. The van der Waals surface area contributed by atoms with Crippen LogP contribution in [0.4, 0.5) is 0 Å². The molecule has 6 N–H and O–H groups in total. The normalized spacial score (nSPS) is 26.5. The van der Waals surface area contributed by atoms with Crippen LogP contribution in [0.2, 0.25) is 0 Å². The molecule has 0 radical (unpaired) electrons. The second-order valence-electron chi connectivity index (χ2n) is 7.39. The van der Waals surface area contributed by atoms with Crippen LogP contribution in [-0.2, 0) is 14.4 Å². The second kappa shape index (κ2) is 8.86. The number of fused-ring (bicyclic) bond motifs is 1. The number of nitrogens with one attached hydrogen (secondary N) is 2. The molecule has 2 aliphatic heterocycles. The Morgan fingerprint density at radius 1 is 1.19 bits per heavy atom. The Kier molecular flexibility index (Phi) is 6.82. The SMILES string of the molecule is CC(C)C[C@@H]1NC(=O)[C@@H]2CCCN2C(=O)[C@H](CCCN=C(N)N)NC1=O. The van der Waals surface area contributed by atoms with Gasteiger partial charge in [0.05, 0.1) is 0 Å². The first-order valence-electron chi connectivity index (χ1n) is 9.26. The van der Waals surface area contributed by atoms with E-state index in [0.29, 0.717) is 38.8 Å². The molecule has 3 amide bonds. The molecule has 0 aliphatic carbocycles. The first kappa shape index (κ1) is 20.0. The van der Waals surface area contributed by atoms with E-state index in [2.05, 4.69) is 15.6 Å². The van der Waals surface area contributed by atoms with Crippen molar-refractivity contribution in [1.82, 2.24) is 15.5 Å². The number of aliphatic imine (C=N–C) groups is 1. The van der Waals surface area contributed by atoms with Crippen LogP contribution in [0.1, 0.15) is 46.0 Å². The molecule has 3 atom stereocenters. The molecule has 2 saturated heterocycles. The van der Waals surface area contributed by atoms with Gasteiger partial charge in [-0.25, -0.2) is 0 Å². The minimum Gasteiger partial charge on any atom is -0.370 e. The van der Waals surface area contributed by atoms with Crippen LogP contribution >= 0.6 is 0 Å². The van der Waals surface area contributed by atoms with Crippen molar-refractivity contribution < 1.29 is 14.4 Å². The fraction of sp³-hybridized carbons (Fsp3) is 0.765. The highest BCUT2D eigenvalue weighted by molar-refractivity contribution is 5.97. The molecule has 26 heavy (non-hydrogen) atoms. The molecule has 2 aliphatic rings. The van der Waals surface area contributed by atoms with Gasteiger partial charge < -0.3 is 27.0 Å². The summed E-state index contributed by atoms with van der Waals surface area (Å²) >= 11 is 0. The predicted octanol–water partition coefficient (Wildman–Crippen LogP) is -0.940. The zero-order valence-corrected chi connectivity index (χ0v) is 15.5. The van der Waals surface area contributed by atoms with E-state index in [-0.39, 0.29) is 29.6 Å². The minimum absolute atomic E-state index is 0.00114. The molecule has 2 heterocycles. The largest absolute Gasteiger partial charge is 0.370 e. The van der Waals surface area contributed by atoms with Crippen LogP contribution in [0, 0.1) is 5.92 Å². The van der Waals surface area contributed by atoms with Crippen LogP contribution in [0.25, 0.3) is 0 Å². The topological polar surface area (TPSA) is 143 Å². The summed E-state index contributed by atoms with van der Waals surface area (Å²) in [4.78, 5) is 43.7. The van der Waals surface area contributed by atoms with Gasteiger partial charge in [-0.1, -0.05) is 13.8 Å². The van der Waals surface area contributed by atoms with Crippen molar-refractivity contribution in [1.29, 1.82) is 0 Å². The van der Waals surface area contributed by atoms with Gasteiger partial charge in [0.15, 0.2) is 5.96 Å². The van der Waals surface area contributed by atoms with Gasteiger partial charge in [0.2, 0.25) is 17.7 Å². The maximum Gasteiger partial charge on any atom is 0.245 e. The number of hydrogen-bond donors (Lipinski definition) is 4. The molecule has 0 unspecified atom stereocenters. The summed E-state index contributed by atoms with van der Waals surface area (Å²) in [5, 5.41) is 5.66. The first-order valence-corrected chi connectivity index (χ1v) is 9.26. The van der Waals surface area contributed by atoms with E-state index < -0.39 is 18.1 Å². The van der Waals surface area contributed by atoms with E-state index in [1.807, 2.05) is 13.8 Å². The van der Waals surface area contributed by atoms with E-state index in [9.17, 15) is 14.4 Å². The molecule has 9 nitrogen and oxygen atoms in total. The van der Waals surface area contributed by atoms with Crippen LogP contribution in [0.5, 0.6) is 0 Å². The van der Waals surface area contributed by atoms with Crippen LogP contribution in [0.3, 0.4) is 0 Å². The smallest absolute Gasteiger partial charge is 0.245 e. The number of hydrogen-bond acceptors (Lipinski definition) is 4. The number of rotatable bonds is 6. The quantitative estimate of drug-likeness (QED) is 0.272. The summed E-state index contributed by atoms with van der Waals surface area (Å²) in [6.07, 6.45) is 2.92. The number of amides is 3. The highest BCUT2D eigenvalue weighted by Gasteiger charge is 2.40. The van der Waals surface area contributed by atoms with Crippen LogP contribution in [0.15, 0.2) is 4.99 Å². The maximum absolute atomic E-state index is 12.9. The number of nitrogens with two attached hydrogens (primary N) is 2. The zero-order chi connectivity index (χ0) is 19.3. The number of carbonyl (C=O) groups is 3. The Labute approximate surface area is 153 Å².